The predicted octanol–water partition coefficient (Wildman–Crippen LogP) is 3.71. The van der Waals surface area contributed by atoms with Crippen molar-refractivity contribution in [1.82, 2.24) is 9.80 Å². The molecule has 1 saturated heterocycles. The van der Waals surface area contributed by atoms with Crippen molar-refractivity contribution in [3.63, 3.8) is 0 Å². The summed E-state index contributed by atoms with van der Waals surface area (Å²) in [5.74, 6) is 0.183. The molecule has 0 spiro atoms. The summed E-state index contributed by atoms with van der Waals surface area (Å²) in [6, 6.07) is 12.2. The number of thiophene rings is 1. The molecular formula is C23H31N3O3S. The zero-order chi connectivity index (χ0) is 21.3. The third-order valence-corrected chi connectivity index (χ3v) is 6.18. The van der Waals surface area contributed by atoms with E-state index in [1.54, 1.807) is 18.4 Å². The molecule has 7 heteroatoms. The van der Waals surface area contributed by atoms with Gasteiger partial charge in [0.2, 0.25) is 5.91 Å². The Bertz CT molecular complexity index is 816. The van der Waals surface area contributed by atoms with E-state index < -0.39 is 5.97 Å². The summed E-state index contributed by atoms with van der Waals surface area (Å²) in [5, 5.41) is 5.23. The maximum Gasteiger partial charge on any atom is 0.341 e. The summed E-state index contributed by atoms with van der Waals surface area (Å²) in [4.78, 5) is 29.0. The first-order chi connectivity index (χ1) is 14.5. The van der Waals surface area contributed by atoms with E-state index in [4.69, 9.17) is 4.74 Å². The van der Waals surface area contributed by atoms with E-state index >= 15 is 0 Å². The van der Waals surface area contributed by atoms with Crippen molar-refractivity contribution in [3.05, 3.63) is 52.9 Å². The van der Waals surface area contributed by atoms with Crippen molar-refractivity contribution >= 4 is 28.2 Å². The minimum absolute atomic E-state index is 0.0809. The van der Waals surface area contributed by atoms with E-state index in [0.717, 1.165) is 39.0 Å². The van der Waals surface area contributed by atoms with Crippen molar-refractivity contribution in [2.24, 2.45) is 5.92 Å². The van der Waals surface area contributed by atoms with E-state index in [1.807, 2.05) is 6.07 Å². The first kappa shape index (κ1) is 22.5. The van der Waals surface area contributed by atoms with Crippen molar-refractivity contribution in [3.8, 4) is 0 Å². The third kappa shape index (κ3) is 6.65. The number of amides is 1. The van der Waals surface area contributed by atoms with Crippen LogP contribution in [0.4, 0.5) is 5.00 Å². The van der Waals surface area contributed by atoms with Gasteiger partial charge in [0.25, 0.3) is 0 Å². The topological polar surface area (TPSA) is 61.9 Å². The van der Waals surface area contributed by atoms with Crippen molar-refractivity contribution in [2.75, 3.05) is 45.2 Å². The number of benzene rings is 1. The van der Waals surface area contributed by atoms with Crippen LogP contribution in [0.2, 0.25) is 0 Å². The largest absolute Gasteiger partial charge is 0.462 e. The number of anilines is 1. The van der Waals surface area contributed by atoms with Gasteiger partial charge in [-0.2, -0.15) is 0 Å². The normalized spacial score (nSPS) is 15.3. The Hall–Kier alpha value is -2.22. The molecule has 1 N–H and O–H groups in total. The van der Waals surface area contributed by atoms with E-state index in [2.05, 4.69) is 46.4 Å². The molecular weight excluding hydrogens is 398 g/mol. The monoisotopic (exact) mass is 429 g/mol. The summed E-state index contributed by atoms with van der Waals surface area (Å²) in [6.45, 7) is 6.33. The fourth-order valence-corrected chi connectivity index (χ4v) is 4.66. The fourth-order valence-electron chi connectivity index (χ4n) is 3.87. The highest BCUT2D eigenvalue weighted by Crippen LogP contribution is 2.24. The minimum Gasteiger partial charge on any atom is -0.462 e. The van der Waals surface area contributed by atoms with Gasteiger partial charge in [0.15, 0.2) is 0 Å². The lowest BCUT2D eigenvalue weighted by Gasteiger charge is -2.33. The minimum atomic E-state index is -0.394. The molecule has 0 bridgehead atoms. The Kier molecular flexibility index (Phi) is 8.42. The average Bonchev–Trinajstić information content (AvgIpc) is 3.18. The molecule has 6 nitrogen and oxygen atoms in total. The second kappa shape index (κ2) is 11.2. The van der Waals surface area contributed by atoms with Gasteiger partial charge in [-0.25, -0.2) is 4.79 Å². The molecule has 30 heavy (non-hydrogen) atoms. The highest BCUT2D eigenvalue weighted by Gasteiger charge is 2.23. The molecule has 1 aromatic heterocycles. The zero-order valence-corrected chi connectivity index (χ0v) is 18.6. The van der Waals surface area contributed by atoms with Crippen LogP contribution < -0.4 is 5.32 Å². The molecule has 162 valence electrons. The number of esters is 1. The summed E-state index contributed by atoms with van der Waals surface area (Å²) >= 11 is 1.35. The third-order valence-electron chi connectivity index (χ3n) is 5.35. The van der Waals surface area contributed by atoms with Crippen molar-refractivity contribution in [2.45, 2.75) is 26.3 Å². The molecule has 0 saturated carbocycles. The zero-order valence-electron chi connectivity index (χ0n) is 17.8. The van der Waals surface area contributed by atoms with E-state index in [0.29, 0.717) is 29.6 Å². The SMILES string of the molecule is CCOC(=O)c1ccsc1NC(=O)CN1CCC(CN(C)Cc2ccccc2)CC1. The average molecular weight is 430 g/mol. The number of nitrogens with zero attached hydrogens (tertiary/aromatic N) is 2. The first-order valence-electron chi connectivity index (χ1n) is 10.5. The molecule has 1 aliphatic rings. The molecule has 0 unspecified atom stereocenters. The van der Waals surface area contributed by atoms with Crippen molar-refractivity contribution < 1.29 is 14.3 Å². The second-order valence-electron chi connectivity index (χ2n) is 7.83. The summed E-state index contributed by atoms with van der Waals surface area (Å²) in [6.07, 6.45) is 2.19. The first-order valence-corrected chi connectivity index (χ1v) is 11.4. The van der Waals surface area contributed by atoms with Gasteiger partial charge in [-0.05, 0) is 62.8 Å². The van der Waals surface area contributed by atoms with E-state index in [1.165, 1.54) is 16.9 Å². The number of piperidine rings is 1. The summed E-state index contributed by atoms with van der Waals surface area (Å²) in [5.41, 5.74) is 1.76. The number of hydrogen-bond acceptors (Lipinski definition) is 6. The van der Waals surface area contributed by atoms with Gasteiger partial charge in [0.1, 0.15) is 5.00 Å². The lowest BCUT2D eigenvalue weighted by Crippen LogP contribution is -2.41. The Morgan fingerprint density at radius 2 is 1.93 bits per heavy atom. The molecule has 1 aromatic carbocycles. The van der Waals surface area contributed by atoms with E-state index in [9.17, 15) is 9.59 Å². The Morgan fingerprint density at radius 3 is 2.63 bits per heavy atom. The van der Waals surface area contributed by atoms with Crippen LogP contribution in [0.3, 0.4) is 0 Å². The second-order valence-corrected chi connectivity index (χ2v) is 8.75. The molecule has 1 amide bonds. The number of carbonyl (C=O) groups is 2. The number of nitrogens with one attached hydrogen (secondary N) is 1. The number of hydrogen-bond donors (Lipinski definition) is 1. The summed E-state index contributed by atoms with van der Waals surface area (Å²) < 4.78 is 5.04. The summed E-state index contributed by atoms with van der Waals surface area (Å²) in [7, 11) is 2.18. The van der Waals surface area contributed by atoms with Crippen LogP contribution in [-0.4, -0.2) is 61.5 Å². The molecule has 3 rings (SSSR count). The highest BCUT2D eigenvalue weighted by molar-refractivity contribution is 7.14. The van der Waals surface area contributed by atoms with E-state index in [-0.39, 0.29) is 5.91 Å². The van der Waals surface area contributed by atoms with Crippen LogP contribution in [-0.2, 0) is 16.1 Å². The van der Waals surface area contributed by atoms with Gasteiger partial charge in [-0.3, -0.25) is 9.69 Å². The molecule has 0 atom stereocenters. The Labute approximate surface area is 182 Å². The van der Waals surface area contributed by atoms with Crippen LogP contribution in [0.25, 0.3) is 0 Å². The number of rotatable bonds is 9. The quantitative estimate of drug-likeness (QED) is 0.616. The molecule has 0 radical (unpaired) electrons. The Morgan fingerprint density at radius 1 is 1.20 bits per heavy atom. The molecule has 1 fully saturated rings. The highest BCUT2D eigenvalue weighted by atomic mass is 32.1. The van der Waals surface area contributed by atoms with Gasteiger partial charge in [0, 0.05) is 13.1 Å². The van der Waals surface area contributed by atoms with Crippen LogP contribution in [0.1, 0.15) is 35.7 Å². The molecule has 2 aromatic rings. The van der Waals surface area contributed by atoms with Crippen molar-refractivity contribution in [1.29, 1.82) is 0 Å². The lowest BCUT2D eigenvalue weighted by molar-refractivity contribution is -0.117. The molecule has 2 heterocycles. The Balaban J connectivity index is 1.40. The van der Waals surface area contributed by atoms with Crippen LogP contribution in [0, 0.1) is 5.92 Å². The van der Waals surface area contributed by atoms with Crippen LogP contribution >= 0.6 is 11.3 Å². The molecule has 0 aliphatic carbocycles. The standard InChI is InChI=1S/C23H31N3O3S/c1-3-29-23(28)20-11-14-30-22(20)24-21(27)17-26-12-9-19(10-13-26)16-25(2)15-18-7-5-4-6-8-18/h4-8,11,14,19H,3,9-10,12-13,15-17H2,1-2H3,(H,24,27). The maximum atomic E-state index is 12.5. The number of likely N-dealkylation sites (tertiary alicyclic amines) is 1. The van der Waals surface area contributed by atoms with Gasteiger partial charge in [0.05, 0.1) is 18.7 Å². The smallest absolute Gasteiger partial charge is 0.341 e. The fraction of sp³-hybridized carbons (Fsp3) is 0.478. The number of ether oxygens (including phenoxy) is 1. The number of carbonyl (C=O) groups excluding carboxylic acids is 2. The van der Waals surface area contributed by atoms with Gasteiger partial charge < -0.3 is 15.0 Å². The molecule has 1 aliphatic heterocycles. The maximum absolute atomic E-state index is 12.5. The van der Waals surface area contributed by atoms with Gasteiger partial charge in [-0.1, -0.05) is 30.3 Å². The van der Waals surface area contributed by atoms with Gasteiger partial charge in [-0.15, -0.1) is 11.3 Å². The van der Waals surface area contributed by atoms with Crippen LogP contribution in [0.5, 0.6) is 0 Å². The lowest BCUT2D eigenvalue weighted by atomic mass is 9.96. The van der Waals surface area contributed by atoms with Crippen LogP contribution in [0.15, 0.2) is 41.8 Å². The van der Waals surface area contributed by atoms with Gasteiger partial charge >= 0.3 is 5.97 Å². The predicted molar refractivity (Wildman–Crippen MR) is 121 cm³/mol.